The predicted molar refractivity (Wildman–Crippen MR) is 110 cm³/mol. The van der Waals surface area contributed by atoms with E-state index in [0.29, 0.717) is 42.6 Å². The fourth-order valence-electron chi connectivity index (χ4n) is 3.67. The van der Waals surface area contributed by atoms with Gasteiger partial charge in [-0.1, -0.05) is 24.3 Å². The Balaban J connectivity index is 1.89. The lowest BCUT2D eigenvalue weighted by atomic mass is 9.87. The summed E-state index contributed by atoms with van der Waals surface area (Å²) < 4.78 is 17.2. The number of nitrogens with one attached hydrogen (secondary N) is 1. The molecule has 0 aliphatic heterocycles. The largest absolute Gasteiger partial charge is 0.490 e. The van der Waals surface area contributed by atoms with Crippen LogP contribution in [0, 0.1) is 0 Å². The Kier molecular flexibility index (Phi) is 6.80. The van der Waals surface area contributed by atoms with Crippen LogP contribution in [0.1, 0.15) is 61.1 Å². The third kappa shape index (κ3) is 4.41. The molecule has 1 aliphatic rings. The number of carbonyl (C=O) groups excluding carboxylic acids is 1. The number of ether oxygens (including phenoxy) is 3. The molecule has 0 unspecified atom stereocenters. The summed E-state index contributed by atoms with van der Waals surface area (Å²) in [6.45, 7) is 7.17. The van der Waals surface area contributed by atoms with Crippen LogP contribution in [-0.4, -0.2) is 25.7 Å². The number of amides is 1. The molecule has 2 aromatic rings. The third-order valence-electron chi connectivity index (χ3n) is 4.85. The standard InChI is InChI=1S/C23H29NO4/c1-4-26-20-14-17(15-21(27-5-2)22(20)28-6-3)23(25)24-19-13-9-11-16-10-7-8-12-18(16)19/h7-8,10,12,14-15,19H,4-6,9,11,13H2,1-3H3,(H,24,25)/t19-/m0/s1. The number of fused-ring (bicyclic) bond motifs is 1. The van der Waals surface area contributed by atoms with Gasteiger partial charge in [-0.05, 0) is 63.3 Å². The lowest BCUT2D eigenvalue weighted by Crippen LogP contribution is -2.31. The highest BCUT2D eigenvalue weighted by atomic mass is 16.5. The second-order valence-electron chi connectivity index (χ2n) is 6.72. The van der Waals surface area contributed by atoms with Crippen LogP contribution in [-0.2, 0) is 6.42 Å². The van der Waals surface area contributed by atoms with Crippen molar-refractivity contribution in [3.63, 3.8) is 0 Å². The molecular formula is C23H29NO4. The molecule has 0 radical (unpaired) electrons. The van der Waals surface area contributed by atoms with Gasteiger partial charge in [-0.3, -0.25) is 4.79 Å². The van der Waals surface area contributed by atoms with Crippen molar-refractivity contribution in [3.8, 4) is 17.2 Å². The summed E-state index contributed by atoms with van der Waals surface area (Å²) in [6, 6.07) is 11.8. The lowest BCUT2D eigenvalue weighted by molar-refractivity contribution is 0.0931. The first-order chi connectivity index (χ1) is 13.7. The summed E-state index contributed by atoms with van der Waals surface area (Å²) in [6.07, 6.45) is 3.07. The van der Waals surface area contributed by atoms with Gasteiger partial charge in [0.05, 0.1) is 25.9 Å². The molecule has 0 fully saturated rings. The molecule has 1 aliphatic carbocycles. The van der Waals surface area contributed by atoms with E-state index in [4.69, 9.17) is 14.2 Å². The zero-order chi connectivity index (χ0) is 19.9. The molecule has 1 atom stereocenters. The quantitative estimate of drug-likeness (QED) is 0.718. The summed E-state index contributed by atoms with van der Waals surface area (Å²) in [5.74, 6) is 1.48. The first kappa shape index (κ1) is 20.1. The van der Waals surface area contributed by atoms with Gasteiger partial charge in [-0.15, -0.1) is 0 Å². The van der Waals surface area contributed by atoms with E-state index in [-0.39, 0.29) is 11.9 Å². The maximum Gasteiger partial charge on any atom is 0.252 e. The van der Waals surface area contributed by atoms with Gasteiger partial charge in [0.1, 0.15) is 0 Å². The van der Waals surface area contributed by atoms with Gasteiger partial charge < -0.3 is 19.5 Å². The van der Waals surface area contributed by atoms with E-state index < -0.39 is 0 Å². The van der Waals surface area contributed by atoms with Gasteiger partial charge in [0.2, 0.25) is 5.75 Å². The molecular weight excluding hydrogens is 354 g/mol. The fourth-order valence-corrected chi connectivity index (χ4v) is 3.67. The molecule has 3 rings (SSSR count). The molecule has 2 aromatic carbocycles. The fraction of sp³-hybridized carbons (Fsp3) is 0.435. The lowest BCUT2D eigenvalue weighted by Gasteiger charge is -2.26. The van der Waals surface area contributed by atoms with Crippen LogP contribution in [0.2, 0.25) is 0 Å². The Morgan fingerprint density at radius 2 is 1.64 bits per heavy atom. The molecule has 28 heavy (non-hydrogen) atoms. The highest BCUT2D eigenvalue weighted by Crippen LogP contribution is 2.39. The van der Waals surface area contributed by atoms with Crippen LogP contribution in [0.4, 0.5) is 0 Å². The Morgan fingerprint density at radius 1 is 1.00 bits per heavy atom. The van der Waals surface area contributed by atoms with E-state index in [2.05, 4.69) is 23.5 Å². The normalized spacial score (nSPS) is 15.5. The highest BCUT2D eigenvalue weighted by molar-refractivity contribution is 5.96. The van der Waals surface area contributed by atoms with Crippen LogP contribution >= 0.6 is 0 Å². The average Bonchev–Trinajstić information content (AvgIpc) is 2.71. The first-order valence-electron chi connectivity index (χ1n) is 10.1. The highest BCUT2D eigenvalue weighted by Gasteiger charge is 2.24. The average molecular weight is 383 g/mol. The van der Waals surface area contributed by atoms with E-state index in [1.807, 2.05) is 26.8 Å². The molecule has 0 aromatic heterocycles. The Hall–Kier alpha value is -2.69. The summed E-state index contributed by atoms with van der Waals surface area (Å²) in [5.41, 5.74) is 3.04. The molecule has 150 valence electrons. The van der Waals surface area contributed by atoms with Crippen molar-refractivity contribution in [2.45, 2.75) is 46.1 Å². The monoisotopic (exact) mass is 383 g/mol. The second kappa shape index (κ2) is 9.49. The minimum atomic E-state index is -0.133. The van der Waals surface area contributed by atoms with Crippen LogP contribution in [0.25, 0.3) is 0 Å². The number of carbonyl (C=O) groups is 1. The molecule has 0 heterocycles. The summed E-state index contributed by atoms with van der Waals surface area (Å²) in [5, 5.41) is 3.19. The Labute approximate surface area is 167 Å². The van der Waals surface area contributed by atoms with Crippen LogP contribution in [0.15, 0.2) is 36.4 Å². The zero-order valence-corrected chi connectivity index (χ0v) is 16.9. The minimum Gasteiger partial charge on any atom is -0.490 e. The van der Waals surface area contributed by atoms with Crippen molar-refractivity contribution in [1.82, 2.24) is 5.32 Å². The van der Waals surface area contributed by atoms with E-state index in [0.717, 1.165) is 19.3 Å². The Bertz CT molecular complexity index is 791. The summed E-state index contributed by atoms with van der Waals surface area (Å²) >= 11 is 0. The van der Waals surface area contributed by atoms with E-state index in [1.165, 1.54) is 11.1 Å². The molecule has 0 saturated carbocycles. The van der Waals surface area contributed by atoms with Gasteiger partial charge in [0, 0.05) is 5.56 Å². The molecule has 0 saturated heterocycles. The van der Waals surface area contributed by atoms with Crippen molar-refractivity contribution < 1.29 is 19.0 Å². The molecule has 5 heteroatoms. The van der Waals surface area contributed by atoms with Gasteiger partial charge in [-0.2, -0.15) is 0 Å². The molecule has 1 amide bonds. The number of hydrogen-bond acceptors (Lipinski definition) is 4. The maximum absolute atomic E-state index is 13.0. The van der Waals surface area contributed by atoms with Crippen LogP contribution < -0.4 is 19.5 Å². The first-order valence-corrected chi connectivity index (χ1v) is 10.1. The van der Waals surface area contributed by atoms with Crippen molar-refractivity contribution in [3.05, 3.63) is 53.1 Å². The second-order valence-corrected chi connectivity index (χ2v) is 6.72. The van der Waals surface area contributed by atoms with Gasteiger partial charge in [-0.25, -0.2) is 0 Å². The summed E-state index contributed by atoms with van der Waals surface area (Å²) in [7, 11) is 0. The van der Waals surface area contributed by atoms with Crippen LogP contribution in [0.5, 0.6) is 17.2 Å². The summed E-state index contributed by atoms with van der Waals surface area (Å²) in [4.78, 5) is 13.0. The molecule has 0 bridgehead atoms. The third-order valence-corrected chi connectivity index (χ3v) is 4.85. The number of rotatable bonds is 8. The van der Waals surface area contributed by atoms with E-state index >= 15 is 0 Å². The van der Waals surface area contributed by atoms with E-state index in [1.54, 1.807) is 12.1 Å². The Morgan fingerprint density at radius 3 is 2.29 bits per heavy atom. The zero-order valence-electron chi connectivity index (χ0n) is 16.9. The van der Waals surface area contributed by atoms with Crippen LogP contribution in [0.3, 0.4) is 0 Å². The molecule has 5 nitrogen and oxygen atoms in total. The minimum absolute atomic E-state index is 0.0232. The predicted octanol–water partition coefficient (Wildman–Crippen LogP) is 4.69. The molecule has 0 spiro atoms. The maximum atomic E-state index is 13.0. The van der Waals surface area contributed by atoms with Crippen molar-refractivity contribution in [2.24, 2.45) is 0 Å². The van der Waals surface area contributed by atoms with Crippen molar-refractivity contribution in [1.29, 1.82) is 0 Å². The molecule has 1 N–H and O–H groups in total. The van der Waals surface area contributed by atoms with E-state index in [9.17, 15) is 4.79 Å². The van der Waals surface area contributed by atoms with Crippen molar-refractivity contribution >= 4 is 5.91 Å². The van der Waals surface area contributed by atoms with Gasteiger partial charge >= 0.3 is 0 Å². The SMILES string of the molecule is CCOc1cc(C(=O)N[C@H]2CCCc3ccccc32)cc(OCC)c1OCC. The number of aryl methyl sites for hydroxylation is 1. The van der Waals surface area contributed by atoms with Gasteiger partial charge in [0.15, 0.2) is 11.5 Å². The smallest absolute Gasteiger partial charge is 0.252 e. The van der Waals surface area contributed by atoms with Gasteiger partial charge in [0.25, 0.3) is 5.91 Å². The number of hydrogen-bond donors (Lipinski definition) is 1. The topological polar surface area (TPSA) is 56.8 Å². The number of benzene rings is 2. The van der Waals surface area contributed by atoms with Crippen molar-refractivity contribution in [2.75, 3.05) is 19.8 Å².